The van der Waals surface area contributed by atoms with Gasteiger partial charge < -0.3 is 9.15 Å². The Kier molecular flexibility index (Phi) is 5.80. The van der Waals surface area contributed by atoms with Gasteiger partial charge >= 0.3 is 5.97 Å². The molecule has 0 spiro atoms. The van der Waals surface area contributed by atoms with Crippen LogP contribution in [-0.4, -0.2) is 28.5 Å². The van der Waals surface area contributed by atoms with Crippen LogP contribution in [0.2, 0.25) is 0 Å². The number of ether oxygens (including phenoxy) is 1. The molecule has 2 rings (SSSR count). The number of hydrogen-bond acceptors (Lipinski definition) is 6. The van der Waals surface area contributed by atoms with Crippen molar-refractivity contribution < 1.29 is 13.9 Å². The van der Waals surface area contributed by atoms with Crippen molar-refractivity contribution in [3.8, 4) is 0 Å². The van der Waals surface area contributed by atoms with Gasteiger partial charge in [-0.25, -0.2) is 0 Å². The largest absolute Gasteiger partial charge is 0.469 e. The van der Waals surface area contributed by atoms with Crippen molar-refractivity contribution in [2.24, 2.45) is 0 Å². The van der Waals surface area contributed by atoms with E-state index in [2.05, 4.69) is 14.9 Å². The molecule has 0 amide bonds. The Bertz CT molecular complexity index is 571. The van der Waals surface area contributed by atoms with Crippen LogP contribution < -0.4 is 0 Å². The molecule has 2 aromatic rings. The van der Waals surface area contributed by atoms with Gasteiger partial charge in [-0.1, -0.05) is 37.3 Å². The Morgan fingerprint density at radius 3 is 2.71 bits per heavy atom. The van der Waals surface area contributed by atoms with Crippen LogP contribution >= 0.6 is 11.8 Å². The highest BCUT2D eigenvalue weighted by Gasteiger charge is 2.12. The van der Waals surface area contributed by atoms with Crippen molar-refractivity contribution in [1.82, 2.24) is 10.2 Å². The highest BCUT2D eigenvalue weighted by atomic mass is 32.2. The maximum Gasteiger partial charge on any atom is 0.306 e. The minimum absolute atomic E-state index is 0.155. The molecule has 0 fully saturated rings. The fraction of sp³-hybridized carbons (Fsp3) is 0.400. The SMILES string of the molecule is COC(=O)C[C@H](C)SCc1nnc(Cc2ccccc2)o1. The molecule has 0 N–H and O–H groups in total. The Morgan fingerprint density at radius 2 is 2.00 bits per heavy atom. The van der Waals surface area contributed by atoms with Gasteiger partial charge in [0.15, 0.2) is 0 Å². The Hall–Kier alpha value is -1.82. The van der Waals surface area contributed by atoms with E-state index in [1.807, 2.05) is 37.3 Å². The molecule has 0 aliphatic rings. The summed E-state index contributed by atoms with van der Waals surface area (Å²) in [7, 11) is 1.40. The molecule has 1 heterocycles. The first-order chi connectivity index (χ1) is 10.2. The zero-order chi connectivity index (χ0) is 15.1. The first-order valence-electron chi connectivity index (χ1n) is 6.71. The predicted molar refractivity (Wildman–Crippen MR) is 80.9 cm³/mol. The topological polar surface area (TPSA) is 65.2 Å². The summed E-state index contributed by atoms with van der Waals surface area (Å²) in [4.78, 5) is 11.2. The van der Waals surface area contributed by atoms with Gasteiger partial charge in [-0.3, -0.25) is 4.79 Å². The molecule has 1 aromatic heterocycles. The van der Waals surface area contributed by atoms with E-state index in [0.717, 1.165) is 5.56 Å². The Labute approximate surface area is 128 Å². The second-order valence-corrected chi connectivity index (χ2v) is 6.08. The van der Waals surface area contributed by atoms with Crippen LogP contribution in [0.25, 0.3) is 0 Å². The van der Waals surface area contributed by atoms with Gasteiger partial charge in [-0.2, -0.15) is 0 Å². The van der Waals surface area contributed by atoms with Gasteiger partial charge in [0.1, 0.15) is 0 Å². The summed E-state index contributed by atoms with van der Waals surface area (Å²) in [5, 5.41) is 8.23. The van der Waals surface area contributed by atoms with Crippen LogP contribution in [-0.2, 0) is 21.7 Å². The lowest BCUT2D eigenvalue weighted by Gasteiger charge is -2.07. The van der Waals surface area contributed by atoms with Crippen molar-refractivity contribution in [3.63, 3.8) is 0 Å². The highest BCUT2D eigenvalue weighted by Crippen LogP contribution is 2.20. The third-order valence-electron chi connectivity index (χ3n) is 2.88. The van der Waals surface area contributed by atoms with Crippen LogP contribution in [0.1, 0.15) is 30.7 Å². The van der Waals surface area contributed by atoms with E-state index in [1.54, 1.807) is 11.8 Å². The van der Waals surface area contributed by atoms with E-state index >= 15 is 0 Å². The molecule has 0 saturated heterocycles. The van der Waals surface area contributed by atoms with E-state index in [0.29, 0.717) is 30.4 Å². The summed E-state index contributed by atoms with van der Waals surface area (Å²) >= 11 is 1.60. The van der Waals surface area contributed by atoms with E-state index in [4.69, 9.17) is 4.42 Å². The average Bonchev–Trinajstić information content (AvgIpc) is 2.93. The molecule has 1 atom stereocenters. The van der Waals surface area contributed by atoms with Crippen molar-refractivity contribution in [2.45, 2.75) is 30.8 Å². The molecule has 0 radical (unpaired) electrons. The summed E-state index contributed by atoms with van der Waals surface area (Å²) in [6, 6.07) is 9.99. The fourth-order valence-corrected chi connectivity index (χ4v) is 2.58. The number of carbonyl (C=O) groups excluding carboxylic acids is 1. The maximum absolute atomic E-state index is 11.2. The van der Waals surface area contributed by atoms with Gasteiger partial charge in [-0.15, -0.1) is 22.0 Å². The summed E-state index contributed by atoms with van der Waals surface area (Å²) in [5.41, 5.74) is 1.14. The van der Waals surface area contributed by atoms with E-state index < -0.39 is 0 Å². The molecule has 0 aliphatic heterocycles. The molecule has 0 bridgehead atoms. The van der Waals surface area contributed by atoms with Gasteiger partial charge in [0.05, 0.1) is 25.7 Å². The maximum atomic E-state index is 11.2. The quantitative estimate of drug-likeness (QED) is 0.733. The molecule has 112 valence electrons. The molecular weight excluding hydrogens is 288 g/mol. The smallest absolute Gasteiger partial charge is 0.306 e. The molecular formula is C15H18N2O3S. The van der Waals surface area contributed by atoms with Gasteiger partial charge in [-0.05, 0) is 5.56 Å². The van der Waals surface area contributed by atoms with Gasteiger partial charge in [0.2, 0.25) is 11.8 Å². The number of esters is 1. The van der Waals surface area contributed by atoms with E-state index in [-0.39, 0.29) is 11.2 Å². The van der Waals surface area contributed by atoms with Crippen LogP contribution in [0.4, 0.5) is 0 Å². The Morgan fingerprint density at radius 1 is 1.29 bits per heavy atom. The number of thioether (sulfide) groups is 1. The fourth-order valence-electron chi connectivity index (χ4n) is 1.78. The average molecular weight is 306 g/mol. The lowest BCUT2D eigenvalue weighted by molar-refractivity contribution is -0.140. The minimum atomic E-state index is -0.203. The van der Waals surface area contributed by atoms with E-state index in [1.165, 1.54) is 7.11 Å². The molecule has 1 aromatic carbocycles. The number of nitrogens with zero attached hydrogens (tertiary/aromatic N) is 2. The van der Waals surface area contributed by atoms with E-state index in [9.17, 15) is 4.79 Å². The molecule has 6 heteroatoms. The lowest BCUT2D eigenvalue weighted by Crippen LogP contribution is -2.08. The van der Waals surface area contributed by atoms with Crippen molar-refractivity contribution in [3.05, 3.63) is 47.7 Å². The zero-order valence-electron chi connectivity index (χ0n) is 12.1. The Balaban J connectivity index is 1.82. The van der Waals surface area contributed by atoms with Crippen molar-refractivity contribution >= 4 is 17.7 Å². The van der Waals surface area contributed by atoms with Crippen LogP contribution in [0.15, 0.2) is 34.7 Å². The molecule has 21 heavy (non-hydrogen) atoms. The third kappa shape index (κ3) is 5.23. The highest BCUT2D eigenvalue weighted by molar-refractivity contribution is 7.99. The second-order valence-electron chi connectivity index (χ2n) is 4.65. The number of benzene rings is 1. The van der Waals surface area contributed by atoms with Crippen molar-refractivity contribution in [1.29, 1.82) is 0 Å². The predicted octanol–water partition coefficient (Wildman–Crippen LogP) is 2.85. The summed E-state index contributed by atoms with van der Waals surface area (Å²) in [6.07, 6.45) is 1.02. The number of aromatic nitrogens is 2. The number of carbonyl (C=O) groups is 1. The third-order valence-corrected chi connectivity index (χ3v) is 4.03. The standard InChI is InChI=1S/C15H18N2O3S/c1-11(8-15(18)19-2)21-10-14-17-16-13(20-14)9-12-6-4-3-5-7-12/h3-7,11H,8-10H2,1-2H3/t11-/m0/s1. The first-order valence-corrected chi connectivity index (χ1v) is 7.76. The molecule has 0 unspecified atom stereocenters. The molecule has 0 aliphatic carbocycles. The van der Waals surface area contributed by atoms with Gasteiger partial charge in [0.25, 0.3) is 0 Å². The lowest BCUT2D eigenvalue weighted by atomic mass is 10.2. The monoisotopic (exact) mass is 306 g/mol. The van der Waals surface area contributed by atoms with Crippen LogP contribution in [0.3, 0.4) is 0 Å². The molecule has 5 nitrogen and oxygen atoms in total. The number of rotatable bonds is 7. The second kappa shape index (κ2) is 7.83. The van der Waals surface area contributed by atoms with Crippen LogP contribution in [0, 0.1) is 0 Å². The van der Waals surface area contributed by atoms with Crippen LogP contribution in [0.5, 0.6) is 0 Å². The molecule has 0 saturated carbocycles. The normalized spacial score (nSPS) is 12.1. The number of hydrogen-bond donors (Lipinski definition) is 0. The zero-order valence-corrected chi connectivity index (χ0v) is 12.9. The first kappa shape index (κ1) is 15.6. The van der Waals surface area contributed by atoms with Crippen molar-refractivity contribution in [2.75, 3.05) is 7.11 Å². The number of methoxy groups -OCH3 is 1. The summed E-state index contributed by atoms with van der Waals surface area (Å²) in [5.74, 6) is 1.59. The van der Waals surface area contributed by atoms with Gasteiger partial charge in [0, 0.05) is 5.25 Å². The summed E-state index contributed by atoms with van der Waals surface area (Å²) < 4.78 is 10.2. The summed E-state index contributed by atoms with van der Waals surface area (Å²) in [6.45, 7) is 1.98. The minimum Gasteiger partial charge on any atom is -0.469 e.